The first-order chi connectivity index (χ1) is 10.5. The van der Waals surface area contributed by atoms with Crippen LogP contribution < -0.4 is 5.32 Å². The van der Waals surface area contributed by atoms with Gasteiger partial charge in [-0.15, -0.1) is 11.8 Å². The highest BCUT2D eigenvalue weighted by atomic mass is 79.9. The molecule has 0 aliphatic rings. The Morgan fingerprint density at radius 3 is 2.64 bits per heavy atom. The molecule has 0 aliphatic carbocycles. The van der Waals surface area contributed by atoms with Gasteiger partial charge in [0.2, 0.25) is 5.91 Å². The van der Waals surface area contributed by atoms with E-state index in [1.807, 2.05) is 31.2 Å². The fraction of sp³-hybridized carbons (Fsp3) is 0.235. The van der Waals surface area contributed by atoms with Crippen LogP contribution in [0.1, 0.15) is 16.7 Å². The molecule has 22 heavy (non-hydrogen) atoms. The molecule has 2 aromatic rings. The van der Waals surface area contributed by atoms with Crippen molar-refractivity contribution in [2.75, 3.05) is 5.75 Å². The number of hydrogen-bond acceptors (Lipinski definition) is 2. The predicted molar refractivity (Wildman–Crippen MR) is 93.3 cm³/mol. The number of carbonyl (C=O) groups excluding carboxylic acids is 1. The van der Waals surface area contributed by atoms with E-state index in [2.05, 4.69) is 21.2 Å². The fourth-order valence-electron chi connectivity index (χ4n) is 1.85. The topological polar surface area (TPSA) is 29.1 Å². The first-order valence-electron chi connectivity index (χ1n) is 6.88. The molecule has 0 heterocycles. The summed E-state index contributed by atoms with van der Waals surface area (Å²) < 4.78 is 14.4. The van der Waals surface area contributed by atoms with Gasteiger partial charge < -0.3 is 5.32 Å². The molecule has 2 aromatic carbocycles. The van der Waals surface area contributed by atoms with Crippen molar-refractivity contribution in [2.45, 2.75) is 19.2 Å². The molecular formula is C17H17BrFNOS. The summed E-state index contributed by atoms with van der Waals surface area (Å²) in [6.45, 7) is 2.55. The summed E-state index contributed by atoms with van der Waals surface area (Å²) in [5, 5.41) is 2.87. The maximum Gasteiger partial charge on any atom is 0.230 e. The Hall–Kier alpha value is -1.33. The average molecular weight is 382 g/mol. The molecule has 0 aromatic heterocycles. The number of thioether (sulfide) groups is 1. The number of rotatable bonds is 6. The number of benzene rings is 2. The highest BCUT2D eigenvalue weighted by molar-refractivity contribution is 9.10. The monoisotopic (exact) mass is 381 g/mol. The molecule has 2 nitrogen and oxygen atoms in total. The zero-order chi connectivity index (χ0) is 15.9. The van der Waals surface area contributed by atoms with Crippen molar-refractivity contribution in [2.24, 2.45) is 0 Å². The number of nitrogens with one attached hydrogen (secondary N) is 1. The predicted octanol–water partition coefficient (Wildman–Crippen LogP) is 4.45. The Morgan fingerprint density at radius 2 is 1.95 bits per heavy atom. The van der Waals surface area contributed by atoms with Crippen LogP contribution in [0.2, 0.25) is 0 Å². The zero-order valence-electron chi connectivity index (χ0n) is 12.2. The van der Waals surface area contributed by atoms with Gasteiger partial charge in [-0.05, 0) is 30.2 Å². The van der Waals surface area contributed by atoms with Crippen LogP contribution in [0.25, 0.3) is 0 Å². The highest BCUT2D eigenvalue weighted by Gasteiger charge is 2.06. The Bertz CT molecular complexity index is 646. The van der Waals surface area contributed by atoms with Crippen molar-refractivity contribution < 1.29 is 9.18 Å². The highest BCUT2D eigenvalue weighted by Crippen LogP contribution is 2.19. The summed E-state index contributed by atoms with van der Waals surface area (Å²) in [5.74, 6) is 0.517. The molecule has 0 fully saturated rings. The van der Waals surface area contributed by atoms with Crippen molar-refractivity contribution in [3.8, 4) is 0 Å². The van der Waals surface area contributed by atoms with Gasteiger partial charge in [0, 0.05) is 16.8 Å². The van der Waals surface area contributed by atoms with Gasteiger partial charge >= 0.3 is 0 Å². The third kappa shape index (κ3) is 5.46. The van der Waals surface area contributed by atoms with Crippen molar-refractivity contribution in [1.82, 2.24) is 5.32 Å². The molecule has 1 N–H and O–H groups in total. The Kier molecular flexibility index (Phi) is 6.46. The third-order valence-corrected chi connectivity index (χ3v) is 4.59. The Labute approximate surface area is 142 Å². The molecular weight excluding hydrogens is 365 g/mol. The Morgan fingerprint density at radius 1 is 1.23 bits per heavy atom. The van der Waals surface area contributed by atoms with E-state index < -0.39 is 0 Å². The van der Waals surface area contributed by atoms with Gasteiger partial charge in [0.25, 0.3) is 0 Å². The molecule has 0 bridgehead atoms. The number of amides is 1. The van der Waals surface area contributed by atoms with E-state index in [-0.39, 0.29) is 11.7 Å². The molecule has 0 radical (unpaired) electrons. The van der Waals surface area contributed by atoms with Crippen LogP contribution in [0.4, 0.5) is 4.39 Å². The maximum atomic E-state index is 13.6. The number of carbonyl (C=O) groups is 1. The van der Waals surface area contributed by atoms with Gasteiger partial charge in [0.05, 0.1) is 5.75 Å². The smallest absolute Gasteiger partial charge is 0.230 e. The van der Waals surface area contributed by atoms with Gasteiger partial charge in [-0.1, -0.05) is 51.8 Å². The van der Waals surface area contributed by atoms with E-state index in [0.29, 0.717) is 23.6 Å². The van der Waals surface area contributed by atoms with Crippen LogP contribution in [-0.2, 0) is 17.1 Å². The molecule has 2 rings (SSSR count). The van der Waals surface area contributed by atoms with E-state index >= 15 is 0 Å². The van der Waals surface area contributed by atoms with E-state index in [1.54, 1.807) is 12.1 Å². The van der Waals surface area contributed by atoms with Gasteiger partial charge in [-0.2, -0.15) is 0 Å². The van der Waals surface area contributed by atoms with Crippen LogP contribution >= 0.6 is 27.7 Å². The van der Waals surface area contributed by atoms with E-state index in [9.17, 15) is 9.18 Å². The van der Waals surface area contributed by atoms with Gasteiger partial charge in [0.15, 0.2) is 0 Å². The minimum Gasteiger partial charge on any atom is -0.351 e. The zero-order valence-corrected chi connectivity index (χ0v) is 14.6. The summed E-state index contributed by atoms with van der Waals surface area (Å²) >= 11 is 4.63. The summed E-state index contributed by atoms with van der Waals surface area (Å²) in [4.78, 5) is 11.8. The Balaban J connectivity index is 1.72. The van der Waals surface area contributed by atoms with Gasteiger partial charge in [0.1, 0.15) is 5.82 Å². The molecule has 0 unspecified atom stereocenters. The summed E-state index contributed by atoms with van der Waals surface area (Å²) in [5.41, 5.74) is 2.88. The van der Waals surface area contributed by atoms with Crippen molar-refractivity contribution >= 4 is 33.6 Å². The molecule has 1 amide bonds. The lowest BCUT2D eigenvalue weighted by Gasteiger charge is -2.06. The van der Waals surface area contributed by atoms with Crippen LogP contribution in [0, 0.1) is 12.7 Å². The van der Waals surface area contributed by atoms with Crippen molar-refractivity contribution in [3.63, 3.8) is 0 Å². The number of halogens is 2. The van der Waals surface area contributed by atoms with Crippen LogP contribution in [-0.4, -0.2) is 11.7 Å². The second-order valence-corrected chi connectivity index (χ2v) is 6.89. The number of hydrogen-bond donors (Lipinski definition) is 1. The molecule has 0 saturated heterocycles. The lowest BCUT2D eigenvalue weighted by Crippen LogP contribution is -2.24. The third-order valence-electron chi connectivity index (χ3n) is 3.12. The second kappa shape index (κ2) is 8.34. The molecule has 0 atom stereocenters. The van der Waals surface area contributed by atoms with Gasteiger partial charge in [-0.3, -0.25) is 4.79 Å². The van der Waals surface area contributed by atoms with Crippen molar-refractivity contribution in [3.05, 3.63) is 69.4 Å². The lowest BCUT2D eigenvalue weighted by atomic mass is 10.1. The molecule has 116 valence electrons. The maximum absolute atomic E-state index is 13.6. The molecule has 0 aliphatic heterocycles. The number of aryl methyl sites for hydroxylation is 1. The SMILES string of the molecule is Cc1ccc(CNC(=O)CSCc2ccc(Br)cc2F)cc1. The van der Waals surface area contributed by atoms with Crippen LogP contribution in [0.3, 0.4) is 0 Å². The van der Waals surface area contributed by atoms with E-state index in [1.165, 1.54) is 23.4 Å². The largest absolute Gasteiger partial charge is 0.351 e. The first kappa shape index (κ1) is 17.0. The normalized spacial score (nSPS) is 10.5. The average Bonchev–Trinajstić information content (AvgIpc) is 2.49. The van der Waals surface area contributed by atoms with Crippen LogP contribution in [0.15, 0.2) is 46.9 Å². The summed E-state index contributed by atoms with van der Waals surface area (Å²) in [7, 11) is 0. The fourth-order valence-corrected chi connectivity index (χ4v) is 3.03. The van der Waals surface area contributed by atoms with Crippen molar-refractivity contribution in [1.29, 1.82) is 0 Å². The minimum atomic E-state index is -0.248. The first-order valence-corrected chi connectivity index (χ1v) is 8.83. The summed E-state index contributed by atoms with van der Waals surface area (Å²) in [6, 6.07) is 13.0. The lowest BCUT2D eigenvalue weighted by molar-refractivity contribution is -0.118. The quantitative estimate of drug-likeness (QED) is 0.800. The standard InChI is InChI=1S/C17H17BrFNOS/c1-12-2-4-13(5-3-12)9-20-17(21)11-22-10-14-6-7-15(18)8-16(14)19/h2-8H,9-11H2,1H3,(H,20,21). The second-order valence-electron chi connectivity index (χ2n) is 4.99. The summed E-state index contributed by atoms with van der Waals surface area (Å²) in [6.07, 6.45) is 0. The minimum absolute atomic E-state index is 0.0388. The van der Waals surface area contributed by atoms with Gasteiger partial charge in [-0.25, -0.2) is 4.39 Å². The molecule has 0 spiro atoms. The van der Waals surface area contributed by atoms with E-state index in [4.69, 9.17) is 0 Å². The molecule has 0 saturated carbocycles. The van der Waals surface area contributed by atoms with E-state index in [0.717, 1.165) is 10.0 Å². The molecule has 5 heteroatoms. The van der Waals surface area contributed by atoms with Crippen LogP contribution in [0.5, 0.6) is 0 Å².